The Morgan fingerprint density at radius 3 is 2.77 bits per heavy atom. The summed E-state index contributed by atoms with van der Waals surface area (Å²) in [4.78, 5) is 11.2. The standard InChI is InChI=1S/C9H14N2O2/c1-6(10)9(12)11-7(2)8-4-3-5-13-8/h3-7H,10H2,1-2H3,(H,11,12)/t6-,7-/m0/s1. The highest BCUT2D eigenvalue weighted by molar-refractivity contribution is 5.81. The Labute approximate surface area is 77.1 Å². The summed E-state index contributed by atoms with van der Waals surface area (Å²) in [6.07, 6.45) is 1.57. The van der Waals surface area contributed by atoms with Crippen LogP contribution in [0, 0.1) is 0 Å². The van der Waals surface area contributed by atoms with Crippen molar-refractivity contribution in [2.24, 2.45) is 5.73 Å². The van der Waals surface area contributed by atoms with Crippen molar-refractivity contribution in [1.29, 1.82) is 0 Å². The zero-order valence-corrected chi connectivity index (χ0v) is 7.78. The van der Waals surface area contributed by atoms with Crippen molar-refractivity contribution in [2.75, 3.05) is 0 Å². The molecule has 3 N–H and O–H groups in total. The van der Waals surface area contributed by atoms with Gasteiger partial charge in [-0.3, -0.25) is 4.79 Å². The third-order valence-corrected chi connectivity index (χ3v) is 1.74. The lowest BCUT2D eigenvalue weighted by Crippen LogP contribution is -2.39. The Bertz CT molecular complexity index is 267. The average molecular weight is 182 g/mol. The van der Waals surface area contributed by atoms with Crippen LogP contribution in [0.5, 0.6) is 0 Å². The van der Waals surface area contributed by atoms with Crippen molar-refractivity contribution in [3.63, 3.8) is 0 Å². The summed E-state index contributed by atoms with van der Waals surface area (Å²) in [5, 5.41) is 2.72. The number of carbonyl (C=O) groups excluding carboxylic acids is 1. The van der Waals surface area contributed by atoms with Gasteiger partial charge in [-0.1, -0.05) is 0 Å². The molecular weight excluding hydrogens is 168 g/mol. The van der Waals surface area contributed by atoms with Crippen LogP contribution in [0.15, 0.2) is 22.8 Å². The Morgan fingerprint density at radius 1 is 1.62 bits per heavy atom. The SMILES string of the molecule is C[C@H](N)C(=O)N[C@@H](C)c1ccco1. The van der Waals surface area contributed by atoms with Gasteiger partial charge in [0.2, 0.25) is 5.91 Å². The predicted octanol–water partition coefficient (Wildman–Crippen LogP) is 0.804. The van der Waals surface area contributed by atoms with Gasteiger partial charge in [-0.2, -0.15) is 0 Å². The van der Waals surface area contributed by atoms with E-state index in [2.05, 4.69) is 5.32 Å². The van der Waals surface area contributed by atoms with E-state index >= 15 is 0 Å². The molecule has 0 bridgehead atoms. The molecule has 4 nitrogen and oxygen atoms in total. The maximum absolute atomic E-state index is 11.2. The summed E-state index contributed by atoms with van der Waals surface area (Å²) >= 11 is 0. The highest BCUT2D eigenvalue weighted by Gasteiger charge is 2.13. The molecule has 4 heteroatoms. The number of nitrogens with one attached hydrogen (secondary N) is 1. The first-order valence-corrected chi connectivity index (χ1v) is 4.20. The average Bonchev–Trinajstić information content (AvgIpc) is 2.55. The summed E-state index contributed by atoms with van der Waals surface area (Å²) in [5.74, 6) is 0.554. The Kier molecular flexibility index (Phi) is 3.08. The minimum absolute atomic E-state index is 0.131. The Balaban J connectivity index is 2.51. The highest BCUT2D eigenvalue weighted by Crippen LogP contribution is 2.11. The van der Waals surface area contributed by atoms with Crippen LogP contribution in [0.2, 0.25) is 0 Å². The monoisotopic (exact) mass is 182 g/mol. The molecule has 0 spiro atoms. The zero-order chi connectivity index (χ0) is 9.84. The van der Waals surface area contributed by atoms with Crippen LogP contribution >= 0.6 is 0 Å². The normalized spacial score (nSPS) is 15.0. The summed E-state index contributed by atoms with van der Waals surface area (Å²) < 4.78 is 5.12. The van der Waals surface area contributed by atoms with Crippen LogP contribution in [0.4, 0.5) is 0 Å². The molecule has 0 radical (unpaired) electrons. The predicted molar refractivity (Wildman–Crippen MR) is 48.9 cm³/mol. The number of hydrogen-bond donors (Lipinski definition) is 2. The second-order valence-corrected chi connectivity index (χ2v) is 3.03. The molecule has 13 heavy (non-hydrogen) atoms. The van der Waals surface area contributed by atoms with Gasteiger partial charge in [0.15, 0.2) is 0 Å². The Hall–Kier alpha value is -1.29. The lowest BCUT2D eigenvalue weighted by atomic mass is 10.2. The van der Waals surface area contributed by atoms with Crippen molar-refractivity contribution in [1.82, 2.24) is 5.32 Å². The minimum Gasteiger partial charge on any atom is -0.467 e. The van der Waals surface area contributed by atoms with Crippen LogP contribution < -0.4 is 11.1 Å². The quantitative estimate of drug-likeness (QED) is 0.726. The maximum Gasteiger partial charge on any atom is 0.237 e. The first kappa shape index (κ1) is 9.80. The van der Waals surface area contributed by atoms with Gasteiger partial charge >= 0.3 is 0 Å². The molecule has 0 aromatic carbocycles. The topological polar surface area (TPSA) is 68.3 Å². The lowest BCUT2D eigenvalue weighted by Gasteiger charge is -2.12. The number of hydrogen-bond acceptors (Lipinski definition) is 3. The fourth-order valence-corrected chi connectivity index (χ4v) is 0.954. The van der Waals surface area contributed by atoms with Crippen molar-refractivity contribution < 1.29 is 9.21 Å². The summed E-state index contributed by atoms with van der Waals surface area (Å²) in [6, 6.07) is 2.97. The second kappa shape index (κ2) is 4.09. The van der Waals surface area contributed by atoms with Gasteiger partial charge in [-0.25, -0.2) is 0 Å². The minimum atomic E-state index is -0.489. The third kappa shape index (κ3) is 2.59. The van der Waals surface area contributed by atoms with Gasteiger partial charge in [0.05, 0.1) is 18.3 Å². The van der Waals surface area contributed by atoms with Gasteiger partial charge in [0, 0.05) is 0 Å². The summed E-state index contributed by atoms with van der Waals surface area (Å²) in [7, 11) is 0. The van der Waals surface area contributed by atoms with Crippen LogP contribution in [-0.2, 0) is 4.79 Å². The molecule has 0 saturated heterocycles. The third-order valence-electron chi connectivity index (χ3n) is 1.74. The van der Waals surface area contributed by atoms with Crippen molar-refractivity contribution in [3.8, 4) is 0 Å². The first-order chi connectivity index (χ1) is 6.11. The fourth-order valence-electron chi connectivity index (χ4n) is 0.954. The second-order valence-electron chi connectivity index (χ2n) is 3.03. The molecule has 0 unspecified atom stereocenters. The van der Waals surface area contributed by atoms with E-state index in [1.807, 2.05) is 13.0 Å². The zero-order valence-electron chi connectivity index (χ0n) is 7.78. The maximum atomic E-state index is 11.2. The molecule has 0 aliphatic rings. The van der Waals surface area contributed by atoms with E-state index in [4.69, 9.17) is 10.2 Å². The number of furan rings is 1. The lowest BCUT2D eigenvalue weighted by molar-refractivity contribution is -0.122. The van der Waals surface area contributed by atoms with Gasteiger partial charge in [0.25, 0.3) is 0 Å². The molecule has 1 aromatic rings. The fraction of sp³-hybridized carbons (Fsp3) is 0.444. The van der Waals surface area contributed by atoms with Crippen LogP contribution in [0.3, 0.4) is 0 Å². The van der Waals surface area contributed by atoms with Crippen LogP contribution in [-0.4, -0.2) is 11.9 Å². The molecule has 1 aromatic heterocycles. The van der Waals surface area contributed by atoms with E-state index in [-0.39, 0.29) is 11.9 Å². The first-order valence-electron chi connectivity index (χ1n) is 4.20. The number of amides is 1. The molecule has 0 saturated carbocycles. The van der Waals surface area contributed by atoms with E-state index in [0.29, 0.717) is 0 Å². The van der Waals surface area contributed by atoms with E-state index in [1.54, 1.807) is 19.3 Å². The van der Waals surface area contributed by atoms with E-state index in [1.165, 1.54) is 0 Å². The molecule has 1 rings (SSSR count). The van der Waals surface area contributed by atoms with Gasteiger partial charge < -0.3 is 15.5 Å². The summed E-state index contributed by atoms with van der Waals surface area (Å²) in [5.41, 5.74) is 5.39. The summed E-state index contributed by atoms with van der Waals surface area (Å²) in [6.45, 7) is 3.49. The smallest absolute Gasteiger partial charge is 0.237 e. The van der Waals surface area contributed by atoms with Crippen LogP contribution in [0.1, 0.15) is 25.6 Å². The molecule has 2 atom stereocenters. The largest absolute Gasteiger partial charge is 0.467 e. The number of nitrogens with two attached hydrogens (primary N) is 1. The van der Waals surface area contributed by atoms with E-state index in [9.17, 15) is 4.79 Å². The highest BCUT2D eigenvalue weighted by atomic mass is 16.3. The molecule has 1 amide bonds. The molecule has 0 fully saturated rings. The van der Waals surface area contributed by atoms with Crippen molar-refractivity contribution in [3.05, 3.63) is 24.2 Å². The molecule has 0 aliphatic carbocycles. The number of carbonyl (C=O) groups is 1. The molecule has 72 valence electrons. The molecule has 1 heterocycles. The molecule has 0 aliphatic heterocycles. The van der Waals surface area contributed by atoms with Crippen LogP contribution in [0.25, 0.3) is 0 Å². The van der Waals surface area contributed by atoms with E-state index in [0.717, 1.165) is 5.76 Å². The van der Waals surface area contributed by atoms with Crippen molar-refractivity contribution >= 4 is 5.91 Å². The van der Waals surface area contributed by atoms with Gasteiger partial charge in [0.1, 0.15) is 5.76 Å². The van der Waals surface area contributed by atoms with Gasteiger partial charge in [-0.05, 0) is 26.0 Å². The Morgan fingerprint density at radius 2 is 2.31 bits per heavy atom. The molecular formula is C9H14N2O2. The van der Waals surface area contributed by atoms with Gasteiger partial charge in [-0.15, -0.1) is 0 Å². The van der Waals surface area contributed by atoms with Crippen molar-refractivity contribution in [2.45, 2.75) is 25.9 Å². The van der Waals surface area contributed by atoms with E-state index < -0.39 is 6.04 Å². The number of rotatable bonds is 3.